The molecular formula is C8H16N2O5S. The van der Waals surface area contributed by atoms with Crippen molar-refractivity contribution in [2.75, 3.05) is 13.1 Å². The molecular weight excluding hydrogens is 236 g/mol. The summed E-state index contributed by atoms with van der Waals surface area (Å²) in [5.74, 6) is -2.23. The number of carboxylic acids is 1. The minimum atomic E-state index is -3.88. The van der Waals surface area contributed by atoms with Gasteiger partial charge in [0.05, 0.1) is 11.3 Å². The molecule has 0 aliphatic heterocycles. The van der Waals surface area contributed by atoms with Crippen LogP contribution < -0.4 is 5.73 Å². The first kappa shape index (κ1) is 14.8. The summed E-state index contributed by atoms with van der Waals surface area (Å²) in [5, 5.41) is 8.57. The van der Waals surface area contributed by atoms with Crippen LogP contribution in [-0.2, 0) is 19.6 Å². The van der Waals surface area contributed by atoms with Crippen molar-refractivity contribution in [3.05, 3.63) is 0 Å². The summed E-state index contributed by atoms with van der Waals surface area (Å²) in [7, 11) is -3.88. The van der Waals surface area contributed by atoms with Crippen LogP contribution in [0.2, 0.25) is 0 Å². The number of aliphatic carboxylic acids is 1. The van der Waals surface area contributed by atoms with E-state index in [1.165, 1.54) is 20.8 Å². The number of carbonyl (C=O) groups is 2. The van der Waals surface area contributed by atoms with E-state index < -0.39 is 39.7 Å². The Morgan fingerprint density at radius 3 is 1.94 bits per heavy atom. The molecule has 0 saturated heterocycles. The number of rotatable bonds is 5. The molecule has 8 heteroatoms. The topological polar surface area (TPSA) is 118 Å². The molecule has 0 radical (unpaired) electrons. The lowest BCUT2D eigenvalue weighted by Crippen LogP contribution is -2.48. The summed E-state index contributed by atoms with van der Waals surface area (Å²) in [4.78, 5) is 21.2. The Morgan fingerprint density at radius 2 is 1.69 bits per heavy atom. The van der Waals surface area contributed by atoms with Gasteiger partial charge in [-0.3, -0.25) is 9.59 Å². The molecule has 0 unspecified atom stereocenters. The number of hydrogen-bond acceptors (Lipinski definition) is 4. The van der Waals surface area contributed by atoms with Crippen molar-refractivity contribution in [2.24, 2.45) is 5.73 Å². The summed E-state index contributed by atoms with van der Waals surface area (Å²) in [6.45, 7) is 2.84. The van der Waals surface area contributed by atoms with E-state index in [0.717, 1.165) is 0 Å². The summed E-state index contributed by atoms with van der Waals surface area (Å²) >= 11 is 0. The fraction of sp³-hybridized carbons (Fsp3) is 0.750. The van der Waals surface area contributed by atoms with Crippen LogP contribution in [-0.4, -0.2) is 47.5 Å². The fourth-order valence-electron chi connectivity index (χ4n) is 0.938. The highest BCUT2D eigenvalue weighted by Crippen LogP contribution is 2.19. The smallest absolute Gasteiger partial charge is 0.318 e. The first-order valence-corrected chi connectivity index (χ1v) is 5.92. The van der Waals surface area contributed by atoms with Gasteiger partial charge in [-0.05, 0) is 20.8 Å². The Bertz CT molecular complexity index is 366. The summed E-state index contributed by atoms with van der Waals surface area (Å²) < 4.78 is 23.1. The van der Waals surface area contributed by atoms with Crippen molar-refractivity contribution >= 4 is 21.9 Å². The lowest BCUT2D eigenvalue weighted by molar-refractivity contribution is -0.137. The van der Waals surface area contributed by atoms with Gasteiger partial charge in [-0.15, -0.1) is 0 Å². The van der Waals surface area contributed by atoms with Crippen LogP contribution in [0.1, 0.15) is 20.8 Å². The second kappa shape index (κ2) is 4.79. The van der Waals surface area contributed by atoms with Crippen molar-refractivity contribution in [3.8, 4) is 0 Å². The first-order valence-electron chi connectivity index (χ1n) is 4.48. The average molecular weight is 252 g/mol. The van der Waals surface area contributed by atoms with E-state index in [1.807, 2.05) is 0 Å². The average Bonchev–Trinajstić information content (AvgIpc) is 1.98. The number of carbonyl (C=O) groups excluding carboxylic acids is 1. The van der Waals surface area contributed by atoms with Gasteiger partial charge in [-0.25, -0.2) is 8.42 Å². The number of amides is 1. The van der Waals surface area contributed by atoms with Gasteiger partial charge in [-0.2, -0.15) is 4.31 Å². The van der Waals surface area contributed by atoms with Gasteiger partial charge in [0.1, 0.15) is 6.54 Å². The van der Waals surface area contributed by atoms with E-state index in [-0.39, 0.29) is 0 Å². The molecule has 0 aromatic heterocycles. The van der Waals surface area contributed by atoms with Crippen LogP contribution in [0.15, 0.2) is 0 Å². The second-order valence-electron chi connectivity index (χ2n) is 4.25. The van der Waals surface area contributed by atoms with Crippen molar-refractivity contribution in [2.45, 2.75) is 25.5 Å². The number of carboxylic acid groups (broad SMARTS) is 1. The van der Waals surface area contributed by atoms with E-state index in [1.54, 1.807) is 0 Å². The van der Waals surface area contributed by atoms with E-state index >= 15 is 0 Å². The molecule has 7 nitrogen and oxygen atoms in total. The zero-order valence-electron chi connectivity index (χ0n) is 9.43. The Balaban J connectivity index is 5.18. The predicted molar refractivity (Wildman–Crippen MR) is 57.1 cm³/mol. The Morgan fingerprint density at radius 1 is 1.25 bits per heavy atom. The molecule has 0 saturated carbocycles. The lowest BCUT2D eigenvalue weighted by atomic mass is 10.3. The van der Waals surface area contributed by atoms with Gasteiger partial charge < -0.3 is 10.8 Å². The fourth-order valence-corrected chi connectivity index (χ4v) is 2.29. The molecule has 0 bridgehead atoms. The van der Waals surface area contributed by atoms with Gasteiger partial charge in [-0.1, -0.05) is 0 Å². The molecule has 16 heavy (non-hydrogen) atoms. The molecule has 0 rings (SSSR count). The Kier molecular flexibility index (Phi) is 4.45. The quantitative estimate of drug-likeness (QED) is 0.649. The molecule has 0 atom stereocenters. The van der Waals surface area contributed by atoms with Crippen LogP contribution >= 0.6 is 0 Å². The molecule has 0 heterocycles. The number of hydrogen-bond donors (Lipinski definition) is 2. The minimum Gasteiger partial charge on any atom is -0.480 e. The molecule has 94 valence electrons. The second-order valence-corrected chi connectivity index (χ2v) is 6.94. The normalized spacial score (nSPS) is 12.8. The standard InChI is InChI=1S/C8H16N2O5S/c1-8(2,3)16(14,15)10(4-6(9)11)5-7(12)13/h4-5H2,1-3H3,(H2,9,11)(H,12,13). The zero-order chi connectivity index (χ0) is 13.1. The van der Waals surface area contributed by atoms with Crippen molar-refractivity contribution < 1.29 is 23.1 Å². The monoisotopic (exact) mass is 252 g/mol. The van der Waals surface area contributed by atoms with E-state index in [9.17, 15) is 18.0 Å². The van der Waals surface area contributed by atoms with Gasteiger partial charge in [0.15, 0.2) is 0 Å². The molecule has 0 aromatic carbocycles. The van der Waals surface area contributed by atoms with Gasteiger partial charge in [0.25, 0.3) is 0 Å². The maximum Gasteiger partial charge on any atom is 0.318 e. The number of primary amides is 1. The summed E-state index contributed by atoms with van der Waals surface area (Å²) in [6, 6.07) is 0. The third-order valence-electron chi connectivity index (χ3n) is 1.76. The van der Waals surface area contributed by atoms with Crippen LogP contribution in [0.3, 0.4) is 0 Å². The van der Waals surface area contributed by atoms with Gasteiger partial charge >= 0.3 is 5.97 Å². The SMILES string of the molecule is CC(C)(C)S(=O)(=O)N(CC(N)=O)CC(=O)O. The summed E-state index contributed by atoms with van der Waals surface area (Å²) in [5.41, 5.74) is 4.87. The molecule has 1 amide bonds. The lowest BCUT2D eigenvalue weighted by Gasteiger charge is -2.27. The predicted octanol–water partition coefficient (Wildman–Crippen LogP) is -1.01. The molecule has 0 aromatic rings. The van der Waals surface area contributed by atoms with E-state index in [2.05, 4.69) is 0 Å². The van der Waals surface area contributed by atoms with Crippen LogP contribution in [0.25, 0.3) is 0 Å². The van der Waals surface area contributed by atoms with Crippen molar-refractivity contribution in [3.63, 3.8) is 0 Å². The molecule has 0 spiro atoms. The minimum absolute atomic E-state index is 0.567. The maximum absolute atomic E-state index is 11.9. The van der Waals surface area contributed by atoms with Crippen LogP contribution in [0.4, 0.5) is 0 Å². The van der Waals surface area contributed by atoms with Crippen molar-refractivity contribution in [1.82, 2.24) is 4.31 Å². The number of nitrogens with two attached hydrogens (primary N) is 1. The maximum atomic E-state index is 11.9. The number of sulfonamides is 1. The number of nitrogens with zero attached hydrogens (tertiary/aromatic N) is 1. The highest BCUT2D eigenvalue weighted by molar-refractivity contribution is 7.90. The van der Waals surface area contributed by atoms with Crippen molar-refractivity contribution in [1.29, 1.82) is 0 Å². The van der Waals surface area contributed by atoms with E-state index in [0.29, 0.717) is 4.31 Å². The van der Waals surface area contributed by atoms with Gasteiger partial charge in [0.2, 0.25) is 15.9 Å². The molecule has 3 N–H and O–H groups in total. The largest absolute Gasteiger partial charge is 0.480 e. The first-order chi connectivity index (χ1) is 6.98. The van der Waals surface area contributed by atoms with Gasteiger partial charge in [0, 0.05) is 0 Å². The van der Waals surface area contributed by atoms with Crippen LogP contribution in [0, 0.1) is 0 Å². The highest BCUT2D eigenvalue weighted by Gasteiger charge is 2.36. The molecule has 0 fully saturated rings. The highest BCUT2D eigenvalue weighted by atomic mass is 32.2. The van der Waals surface area contributed by atoms with Crippen LogP contribution in [0.5, 0.6) is 0 Å². The third-order valence-corrected chi connectivity index (χ3v) is 4.24. The molecule has 0 aliphatic rings. The Hall–Kier alpha value is -1.15. The van der Waals surface area contributed by atoms with E-state index in [4.69, 9.17) is 10.8 Å². The Labute approximate surface area is 94.3 Å². The third kappa shape index (κ3) is 3.78. The molecule has 0 aliphatic carbocycles. The zero-order valence-corrected chi connectivity index (χ0v) is 10.2. The summed E-state index contributed by atoms with van der Waals surface area (Å²) in [6.07, 6.45) is 0.